The lowest BCUT2D eigenvalue weighted by Crippen LogP contribution is -2.23. The predicted molar refractivity (Wildman–Crippen MR) is 105 cm³/mol. The summed E-state index contributed by atoms with van der Waals surface area (Å²) in [4.78, 5) is 16.6. The molecule has 7 heteroatoms. The van der Waals surface area contributed by atoms with Crippen LogP contribution in [0.5, 0.6) is 17.4 Å². The van der Waals surface area contributed by atoms with Gasteiger partial charge in [-0.15, -0.1) is 0 Å². The SMILES string of the molecule is CCCCOc1c(Cl)cc(C(=O)NCc2ccnc(OC)c2)cc1OCC. The molecule has 1 N–H and O–H groups in total. The summed E-state index contributed by atoms with van der Waals surface area (Å²) in [6, 6.07) is 6.82. The molecule has 1 aromatic carbocycles. The van der Waals surface area contributed by atoms with Gasteiger partial charge in [-0.3, -0.25) is 4.79 Å². The number of aromatic nitrogens is 1. The minimum absolute atomic E-state index is 0.256. The lowest BCUT2D eigenvalue weighted by atomic mass is 10.1. The summed E-state index contributed by atoms with van der Waals surface area (Å²) in [5, 5.41) is 3.21. The third-order valence-corrected chi connectivity index (χ3v) is 4.06. The Morgan fingerprint density at radius 2 is 2.04 bits per heavy atom. The van der Waals surface area contributed by atoms with Crippen LogP contribution in [0.25, 0.3) is 0 Å². The second-order valence-electron chi connectivity index (χ2n) is 5.81. The molecular weight excluding hydrogens is 368 g/mol. The van der Waals surface area contributed by atoms with Crippen LogP contribution in [0, 0.1) is 0 Å². The van der Waals surface area contributed by atoms with Gasteiger partial charge in [0, 0.05) is 24.4 Å². The molecule has 0 fully saturated rings. The van der Waals surface area contributed by atoms with Gasteiger partial charge in [0.25, 0.3) is 5.91 Å². The van der Waals surface area contributed by atoms with Crippen LogP contribution in [0.4, 0.5) is 0 Å². The van der Waals surface area contributed by atoms with Crippen molar-refractivity contribution in [2.45, 2.75) is 33.2 Å². The van der Waals surface area contributed by atoms with Crippen molar-refractivity contribution in [3.05, 3.63) is 46.6 Å². The van der Waals surface area contributed by atoms with Crippen LogP contribution in [0.3, 0.4) is 0 Å². The standard InChI is InChI=1S/C20H25ClN2O4/c1-4-6-9-27-19-16(21)11-15(12-17(19)26-5-2)20(24)23-13-14-7-8-22-18(10-14)25-3/h7-8,10-12H,4-6,9,13H2,1-3H3,(H,23,24). The van der Waals surface area contributed by atoms with Gasteiger partial charge in [-0.05, 0) is 37.1 Å². The van der Waals surface area contributed by atoms with E-state index in [1.165, 1.54) is 0 Å². The van der Waals surface area contributed by atoms with Crippen molar-refractivity contribution < 1.29 is 19.0 Å². The number of nitrogens with zero attached hydrogens (tertiary/aromatic N) is 1. The Kier molecular flexibility index (Phi) is 8.20. The highest BCUT2D eigenvalue weighted by atomic mass is 35.5. The summed E-state index contributed by atoms with van der Waals surface area (Å²) in [7, 11) is 1.55. The average molecular weight is 393 g/mol. The zero-order valence-electron chi connectivity index (χ0n) is 15.9. The predicted octanol–water partition coefficient (Wildman–Crippen LogP) is 4.25. The fraction of sp³-hybridized carbons (Fsp3) is 0.400. The third-order valence-electron chi connectivity index (χ3n) is 3.78. The van der Waals surface area contributed by atoms with E-state index in [4.69, 9.17) is 25.8 Å². The van der Waals surface area contributed by atoms with Gasteiger partial charge in [-0.2, -0.15) is 0 Å². The molecule has 1 amide bonds. The summed E-state index contributed by atoms with van der Waals surface area (Å²) in [5.41, 5.74) is 1.29. The van der Waals surface area contributed by atoms with E-state index >= 15 is 0 Å². The van der Waals surface area contributed by atoms with E-state index in [0.29, 0.717) is 47.7 Å². The summed E-state index contributed by atoms with van der Waals surface area (Å²) in [5.74, 6) is 1.19. The normalized spacial score (nSPS) is 10.4. The molecule has 0 aliphatic carbocycles. The first-order chi connectivity index (χ1) is 13.1. The molecule has 0 aliphatic rings. The number of pyridine rings is 1. The maximum Gasteiger partial charge on any atom is 0.251 e. The molecule has 0 bridgehead atoms. The van der Waals surface area contributed by atoms with E-state index in [9.17, 15) is 4.79 Å². The number of methoxy groups -OCH3 is 1. The Labute approximate surface area is 164 Å². The first-order valence-corrected chi connectivity index (χ1v) is 9.33. The van der Waals surface area contributed by atoms with Gasteiger partial charge >= 0.3 is 0 Å². The van der Waals surface area contributed by atoms with Crippen LogP contribution in [-0.2, 0) is 6.54 Å². The molecular formula is C20H25ClN2O4. The molecule has 146 valence electrons. The highest BCUT2D eigenvalue weighted by molar-refractivity contribution is 6.32. The maximum absolute atomic E-state index is 12.5. The Balaban J connectivity index is 2.12. The number of ether oxygens (including phenoxy) is 3. The molecule has 1 aromatic heterocycles. The van der Waals surface area contributed by atoms with Gasteiger partial charge in [0.1, 0.15) is 0 Å². The van der Waals surface area contributed by atoms with Gasteiger partial charge in [-0.25, -0.2) is 4.98 Å². The molecule has 0 unspecified atom stereocenters. The molecule has 0 aliphatic heterocycles. The first kappa shape index (κ1) is 20.8. The molecule has 0 radical (unpaired) electrons. The van der Waals surface area contributed by atoms with Gasteiger partial charge in [0.05, 0.1) is 25.3 Å². The van der Waals surface area contributed by atoms with Crippen molar-refractivity contribution in [2.24, 2.45) is 0 Å². The number of nitrogens with one attached hydrogen (secondary N) is 1. The van der Waals surface area contributed by atoms with E-state index < -0.39 is 0 Å². The zero-order chi connectivity index (χ0) is 19.6. The number of unbranched alkanes of at least 4 members (excludes halogenated alkanes) is 1. The highest BCUT2D eigenvalue weighted by Gasteiger charge is 2.16. The fourth-order valence-electron chi connectivity index (χ4n) is 2.38. The summed E-state index contributed by atoms with van der Waals surface area (Å²) in [6.45, 7) is 5.29. The number of carbonyl (C=O) groups is 1. The number of rotatable bonds is 10. The van der Waals surface area contributed by atoms with Crippen molar-refractivity contribution in [3.8, 4) is 17.4 Å². The molecule has 0 atom stereocenters. The fourth-order valence-corrected chi connectivity index (χ4v) is 2.64. The van der Waals surface area contributed by atoms with E-state index in [0.717, 1.165) is 18.4 Å². The van der Waals surface area contributed by atoms with Crippen molar-refractivity contribution in [1.29, 1.82) is 0 Å². The molecule has 0 spiro atoms. The summed E-state index contributed by atoms with van der Waals surface area (Å²) < 4.78 is 16.4. The smallest absolute Gasteiger partial charge is 0.251 e. The minimum atomic E-state index is -0.256. The number of carbonyl (C=O) groups excluding carboxylic acids is 1. The Morgan fingerprint density at radius 3 is 2.74 bits per heavy atom. The average Bonchev–Trinajstić information content (AvgIpc) is 2.68. The molecule has 6 nitrogen and oxygen atoms in total. The highest BCUT2D eigenvalue weighted by Crippen LogP contribution is 2.37. The zero-order valence-corrected chi connectivity index (χ0v) is 16.6. The first-order valence-electron chi connectivity index (χ1n) is 8.95. The lowest BCUT2D eigenvalue weighted by molar-refractivity contribution is 0.0950. The van der Waals surface area contributed by atoms with Gasteiger partial charge in [-0.1, -0.05) is 24.9 Å². The van der Waals surface area contributed by atoms with E-state index in [2.05, 4.69) is 17.2 Å². The van der Waals surface area contributed by atoms with Crippen molar-refractivity contribution in [1.82, 2.24) is 10.3 Å². The summed E-state index contributed by atoms with van der Waals surface area (Å²) in [6.07, 6.45) is 3.56. The number of benzene rings is 1. The largest absolute Gasteiger partial charge is 0.490 e. The molecule has 27 heavy (non-hydrogen) atoms. The molecule has 0 saturated heterocycles. The Morgan fingerprint density at radius 1 is 1.22 bits per heavy atom. The Bertz CT molecular complexity index is 768. The molecule has 1 heterocycles. The molecule has 0 saturated carbocycles. The van der Waals surface area contributed by atoms with Crippen molar-refractivity contribution in [2.75, 3.05) is 20.3 Å². The topological polar surface area (TPSA) is 69.7 Å². The molecule has 2 aromatic rings. The quantitative estimate of drug-likeness (QED) is 0.612. The lowest BCUT2D eigenvalue weighted by Gasteiger charge is -2.15. The van der Waals surface area contributed by atoms with Gasteiger partial charge < -0.3 is 19.5 Å². The van der Waals surface area contributed by atoms with Crippen LogP contribution < -0.4 is 19.5 Å². The van der Waals surface area contributed by atoms with E-state index in [1.54, 1.807) is 31.5 Å². The van der Waals surface area contributed by atoms with E-state index in [-0.39, 0.29) is 5.91 Å². The van der Waals surface area contributed by atoms with Crippen LogP contribution in [-0.4, -0.2) is 31.2 Å². The second-order valence-corrected chi connectivity index (χ2v) is 6.22. The van der Waals surface area contributed by atoms with E-state index in [1.807, 2.05) is 13.0 Å². The summed E-state index contributed by atoms with van der Waals surface area (Å²) >= 11 is 6.34. The third kappa shape index (κ3) is 6.03. The van der Waals surface area contributed by atoms with Gasteiger partial charge in [0.15, 0.2) is 11.5 Å². The van der Waals surface area contributed by atoms with Gasteiger partial charge in [0.2, 0.25) is 5.88 Å². The van der Waals surface area contributed by atoms with Crippen LogP contribution in [0.2, 0.25) is 5.02 Å². The molecule has 2 rings (SSSR count). The minimum Gasteiger partial charge on any atom is -0.490 e. The van der Waals surface area contributed by atoms with Crippen molar-refractivity contribution >= 4 is 17.5 Å². The Hall–Kier alpha value is -2.47. The number of hydrogen-bond acceptors (Lipinski definition) is 5. The van der Waals surface area contributed by atoms with Crippen molar-refractivity contribution in [3.63, 3.8) is 0 Å². The number of hydrogen-bond donors (Lipinski definition) is 1. The number of amides is 1. The second kappa shape index (κ2) is 10.6. The van der Waals surface area contributed by atoms with Crippen LogP contribution >= 0.6 is 11.6 Å². The van der Waals surface area contributed by atoms with Crippen LogP contribution in [0.15, 0.2) is 30.5 Å². The number of halogens is 1. The maximum atomic E-state index is 12.5. The monoisotopic (exact) mass is 392 g/mol. The van der Waals surface area contributed by atoms with Crippen LogP contribution in [0.1, 0.15) is 42.6 Å².